The van der Waals surface area contributed by atoms with Gasteiger partial charge in [0.15, 0.2) is 0 Å². The largest absolute Gasteiger partial charge is 0.478 e. The summed E-state index contributed by atoms with van der Waals surface area (Å²) in [6.45, 7) is 11.7. The van der Waals surface area contributed by atoms with Crippen molar-refractivity contribution < 1.29 is 14.7 Å². The summed E-state index contributed by atoms with van der Waals surface area (Å²) in [5.74, 6) is -1.17. The molecule has 0 aromatic heterocycles. The minimum atomic E-state index is -0.981. The van der Waals surface area contributed by atoms with E-state index in [1.165, 1.54) is 24.3 Å². The van der Waals surface area contributed by atoms with Gasteiger partial charge in [0.1, 0.15) is 0 Å². The number of aliphatic carboxylic acids is 1. The Morgan fingerprint density at radius 2 is 1.70 bits per heavy atom. The summed E-state index contributed by atoms with van der Waals surface area (Å²) in [7, 11) is 1.61. The molecule has 118 valence electrons. The molecule has 1 unspecified atom stereocenters. The van der Waals surface area contributed by atoms with Crippen molar-refractivity contribution in [2.24, 2.45) is 11.1 Å². The van der Waals surface area contributed by atoms with Crippen LogP contribution in [-0.4, -0.2) is 41.5 Å². The first-order valence-electron chi connectivity index (χ1n) is 6.89. The van der Waals surface area contributed by atoms with Crippen LogP contribution in [0.5, 0.6) is 0 Å². The number of hydrogen-bond acceptors (Lipinski definition) is 3. The first-order chi connectivity index (χ1) is 8.98. The molecule has 0 radical (unpaired) electrons. The van der Waals surface area contributed by atoms with Crippen molar-refractivity contribution in [1.82, 2.24) is 4.90 Å². The Labute approximate surface area is 122 Å². The fourth-order valence-corrected chi connectivity index (χ4v) is 1.06. The highest BCUT2D eigenvalue weighted by Crippen LogP contribution is 2.18. The fourth-order valence-electron chi connectivity index (χ4n) is 1.06. The number of carbonyl (C=O) groups is 2. The highest BCUT2D eigenvalue weighted by molar-refractivity contribution is 5.86. The van der Waals surface area contributed by atoms with E-state index in [9.17, 15) is 9.59 Å². The molecule has 0 aliphatic rings. The summed E-state index contributed by atoms with van der Waals surface area (Å²) in [6.07, 6.45) is 2.75. The zero-order valence-electron chi connectivity index (χ0n) is 13.9. The highest BCUT2D eigenvalue weighted by atomic mass is 16.4. The van der Waals surface area contributed by atoms with E-state index in [-0.39, 0.29) is 23.4 Å². The van der Waals surface area contributed by atoms with Crippen LogP contribution in [0.25, 0.3) is 0 Å². The van der Waals surface area contributed by atoms with E-state index in [1.54, 1.807) is 7.05 Å². The number of carboxylic acids is 1. The molecule has 0 aliphatic heterocycles. The van der Waals surface area contributed by atoms with Crippen LogP contribution in [0.1, 0.15) is 48.0 Å². The molecule has 1 atom stereocenters. The normalized spacial score (nSPS) is 13.1. The quantitative estimate of drug-likeness (QED) is 0.776. The minimum absolute atomic E-state index is 0.188. The van der Waals surface area contributed by atoms with Gasteiger partial charge >= 0.3 is 5.97 Å². The van der Waals surface area contributed by atoms with Gasteiger partial charge in [-0.15, -0.1) is 0 Å². The van der Waals surface area contributed by atoms with Crippen molar-refractivity contribution in [2.75, 3.05) is 13.6 Å². The van der Waals surface area contributed by atoms with Crippen molar-refractivity contribution >= 4 is 11.9 Å². The molecule has 0 rings (SSSR count). The van der Waals surface area contributed by atoms with E-state index in [0.29, 0.717) is 0 Å². The minimum Gasteiger partial charge on any atom is -0.478 e. The number of likely N-dealkylation sites (N-methyl/N-ethyl adjacent to an activating group) is 1. The first kappa shape index (κ1) is 20.9. The average molecular weight is 286 g/mol. The lowest BCUT2D eigenvalue weighted by Gasteiger charge is -2.29. The van der Waals surface area contributed by atoms with Crippen LogP contribution in [0.15, 0.2) is 11.6 Å². The van der Waals surface area contributed by atoms with Crippen LogP contribution in [-0.2, 0) is 9.59 Å². The van der Waals surface area contributed by atoms with E-state index in [4.69, 9.17) is 10.8 Å². The van der Waals surface area contributed by atoms with Crippen LogP contribution < -0.4 is 5.73 Å². The molecule has 0 spiro atoms. The van der Waals surface area contributed by atoms with Crippen LogP contribution >= 0.6 is 0 Å². The zero-order chi connectivity index (χ0) is 16.5. The summed E-state index contributed by atoms with van der Waals surface area (Å²) >= 11 is 0. The molecule has 5 nitrogen and oxygen atoms in total. The van der Waals surface area contributed by atoms with Crippen molar-refractivity contribution in [3.8, 4) is 0 Å². The molecule has 0 saturated carbocycles. The molecular formula is C15H30N2O3. The number of nitrogens with zero attached hydrogens (tertiary/aromatic N) is 1. The van der Waals surface area contributed by atoms with E-state index in [0.717, 1.165) is 0 Å². The third-order valence-electron chi connectivity index (χ3n) is 2.58. The van der Waals surface area contributed by atoms with Gasteiger partial charge in [0, 0.05) is 19.2 Å². The number of rotatable bonds is 4. The lowest BCUT2D eigenvalue weighted by molar-refractivity contribution is -0.134. The van der Waals surface area contributed by atoms with Gasteiger partial charge in [-0.25, -0.2) is 4.79 Å². The van der Waals surface area contributed by atoms with Gasteiger partial charge in [-0.1, -0.05) is 47.1 Å². The monoisotopic (exact) mass is 286 g/mol. The summed E-state index contributed by atoms with van der Waals surface area (Å²) in [6, 6.07) is -0.592. The van der Waals surface area contributed by atoms with Crippen LogP contribution in [0.4, 0.5) is 0 Å². The molecule has 0 aromatic carbocycles. The SMILES string of the molecule is C/C(=C\CN(C)C(=O)C(N)C(C)(C)C)C(=O)O.CCC. The van der Waals surface area contributed by atoms with Crippen molar-refractivity contribution in [1.29, 1.82) is 0 Å². The Kier molecular flexibility index (Phi) is 9.98. The third-order valence-corrected chi connectivity index (χ3v) is 2.58. The molecule has 3 N–H and O–H groups in total. The predicted octanol–water partition coefficient (Wildman–Crippen LogP) is 2.27. The van der Waals surface area contributed by atoms with E-state index >= 15 is 0 Å². The Balaban J connectivity index is 0. The highest BCUT2D eigenvalue weighted by Gasteiger charge is 2.29. The summed E-state index contributed by atoms with van der Waals surface area (Å²) in [4.78, 5) is 23.9. The summed E-state index contributed by atoms with van der Waals surface area (Å²) in [5.41, 5.74) is 5.74. The molecule has 1 amide bonds. The van der Waals surface area contributed by atoms with Gasteiger partial charge in [-0.2, -0.15) is 0 Å². The lowest BCUT2D eigenvalue weighted by Crippen LogP contribution is -2.49. The van der Waals surface area contributed by atoms with E-state index < -0.39 is 12.0 Å². The number of amides is 1. The second-order valence-corrected chi connectivity index (χ2v) is 5.96. The maximum Gasteiger partial charge on any atom is 0.331 e. The second kappa shape index (κ2) is 9.53. The van der Waals surface area contributed by atoms with Crippen LogP contribution in [0.2, 0.25) is 0 Å². The molecule has 5 heteroatoms. The maximum absolute atomic E-state index is 11.9. The van der Waals surface area contributed by atoms with Crippen molar-refractivity contribution in [3.63, 3.8) is 0 Å². The molecule has 0 saturated heterocycles. The number of carbonyl (C=O) groups excluding carboxylic acids is 1. The number of nitrogens with two attached hydrogens (primary N) is 1. The molecule has 0 bridgehead atoms. The summed E-state index contributed by atoms with van der Waals surface area (Å²) < 4.78 is 0. The van der Waals surface area contributed by atoms with E-state index in [1.807, 2.05) is 20.8 Å². The fraction of sp³-hybridized carbons (Fsp3) is 0.733. The summed E-state index contributed by atoms with van der Waals surface area (Å²) in [5, 5.41) is 8.68. The van der Waals surface area contributed by atoms with Gasteiger partial charge in [0.05, 0.1) is 6.04 Å². The molecule has 20 heavy (non-hydrogen) atoms. The number of carboxylic acid groups (broad SMARTS) is 1. The molecule has 0 aromatic rings. The molecule has 0 heterocycles. The predicted molar refractivity (Wildman–Crippen MR) is 82.4 cm³/mol. The smallest absolute Gasteiger partial charge is 0.331 e. The molecule has 0 fully saturated rings. The van der Waals surface area contributed by atoms with Gasteiger partial charge in [-0.3, -0.25) is 4.79 Å². The Morgan fingerprint density at radius 3 is 2.00 bits per heavy atom. The van der Waals surface area contributed by atoms with Gasteiger partial charge < -0.3 is 15.7 Å². The van der Waals surface area contributed by atoms with Crippen molar-refractivity contribution in [3.05, 3.63) is 11.6 Å². The zero-order valence-corrected chi connectivity index (χ0v) is 13.9. The van der Waals surface area contributed by atoms with Gasteiger partial charge in [0.25, 0.3) is 0 Å². The van der Waals surface area contributed by atoms with Gasteiger partial charge in [-0.05, 0) is 12.3 Å². The molecular weight excluding hydrogens is 256 g/mol. The Morgan fingerprint density at radius 1 is 1.30 bits per heavy atom. The second-order valence-electron chi connectivity index (χ2n) is 5.96. The van der Waals surface area contributed by atoms with Crippen LogP contribution in [0.3, 0.4) is 0 Å². The Bertz CT molecular complexity index is 344. The van der Waals surface area contributed by atoms with E-state index in [2.05, 4.69) is 13.8 Å². The van der Waals surface area contributed by atoms with Crippen LogP contribution in [0, 0.1) is 5.41 Å². The number of hydrogen-bond donors (Lipinski definition) is 2. The third kappa shape index (κ3) is 8.69. The maximum atomic E-state index is 11.9. The Hall–Kier alpha value is -1.36. The lowest BCUT2D eigenvalue weighted by atomic mass is 9.86. The van der Waals surface area contributed by atoms with Gasteiger partial charge in [0.2, 0.25) is 5.91 Å². The average Bonchev–Trinajstić information content (AvgIpc) is 2.33. The van der Waals surface area contributed by atoms with Crippen molar-refractivity contribution in [2.45, 2.75) is 54.0 Å². The topological polar surface area (TPSA) is 83.6 Å². The standard InChI is InChI=1S/C12H22N2O3.C3H8/c1-8(11(16)17)6-7-14(5)10(15)9(13)12(2,3)4;1-3-2/h6,9H,7,13H2,1-5H3,(H,16,17);3H2,1-2H3/b8-6+;. The first-order valence-corrected chi connectivity index (χ1v) is 6.89. The molecule has 0 aliphatic carbocycles.